The molecule has 2 aliphatic heterocycles. The molecule has 0 spiro atoms. The van der Waals surface area contributed by atoms with E-state index in [1.165, 1.54) is 11.1 Å². The maximum Gasteiger partial charge on any atom is 0.270 e. The lowest BCUT2D eigenvalue weighted by atomic mass is 9.81. The van der Waals surface area contributed by atoms with Crippen LogP contribution in [0.5, 0.6) is 0 Å². The smallest absolute Gasteiger partial charge is 0.270 e. The minimum absolute atomic E-state index is 0.113. The Kier molecular flexibility index (Phi) is 6.60. The highest BCUT2D eigenvalue weighted by Crippen LogP contribution is 2.48. The molecule has 2 aromatic rings. The highest BCUT2D eigenvalue weighted by molar-refractivity contribution is 6.03. The number of rotatable bonds is 5. The molecule has 0 radical (unpaired) electrons. The van der Waals surface area contributed by atoms with Crippen molar-refractivity contribution in [1.82, 2.24) is 0 Å². The van der Waals surface area contributed by atoms with Crippen LogP contribution in [0, 0.1) is 20.2 Å². The van der Waals surface area contributed by atoms with Gasteiger partial charge in [-0.1, -0.05) is 32.1 Å². The molecule has 3 aliphatic rings. The topological polar surface area (TPSA) is 92.5 Å². The predicted molar refractivity (Wildman–Crippen MR) is 159 cm³/mol. The van der Waals surface area contributed by atoms with Crippen molar-refractivity contribution in [3.8, 4) is 0 Å². The molecule has 206 valence electrons. The molecule has 0 atom stereocenters. The van der Waals surface area contributed by atoms with Gasteiger partial charge in [-0.25, -0.2) is 0 Å². The maximum absolute atomic E-state index is 11.4. The van der Waals surface area contributed by atoms with Crippen molar-refractivity contribution in [1.29, 1.82) is 0 Å². The van der Waals surface area contributed by atoms with Crippen molar-refractivity contribution in [2.75, 3.05) is 19.0 Å². The predicted octanol–water partition coefficient (Wildman–Crippen LogP) is 7.41. The van der Waals surface area contributed by atoms with E-state index in [1.54, 1.807) is 24.3 Å². The molecule has 0 N–H and O–H groups in total. The van der Waals surface area contributed by atoms with Crippen molar-refractivity contribution >= 4 is 28.5 Å². The molecule has 0 saturated heterocycles. The molecule has 0 unspecified atom stereocenters. The SMILES string of the molecule is CN1/C(=C\C=C2C=C(/C=C/C3=[N+](C)c4ccc([N+](=O)[O-])cc4C3(C)C)CCC/2)C(C)(C)c2cc([N+](=O)[O-])ccc21. The molecule has 0 fully saturated rings. The second-order valence-electron chi connectivity index (χ2n) is 11.9. The normalized spacial score (nSPS) is 21.2. The Bertz CT molecular complexity index is 1600. The van der Waals surface area contributed by atoms with Gasteiger partial charge in [0, 0.05) is 65.8 Å². The Labute approximate surface area is 234 Å². The Hall–Kier alpha value is -4.33. The van der Waals surface area contributed by atoms with Crippen molar-refractivity contribution < 1.29 is 14.4 Å². The number of nitrogens with zero attached hydrogens (tertiary/aromatic N) is 4. The molecule has 0 aromatic heterocycles. The molecule has 40 heavy (non-hydrogen) atoms. The van der Waals surface area contributed by atoms with Crippen LogP contribution in [0.15, 0.2) is 83.6 Å². The Morgan fingerprint density at radius 1 is 0.875 bits per heavy atom. The van der Waals surface area contributed by atoms with E-state index in [0.717, 1.165) is 53.2 Å². The molecule has 0 saturated carbocycles. The first kappa shape index (κ1) is 27.2. The number of fused-ring (bicyclic) bond motifs is 2. The number of hydrogen-bond acceptors (Lipinski definition) is 5. The fourth-order valence-electron chi connectivity index (χ4n) is 6.39. The molecule has 5 rings (SSSR count). The minimum Gasteiger partial charge on any atom is -0.347 e. The molecule has 2 heterocycles. The average Bonchev–Trinajstić information content (AvgIpc) is 3.22. The van der Waals surface area contributed by atoms with Crippen LogP contribution in [0.25, 0.3) is 0 Å². The van der Waals surface area contributed by atoms with Gasteiger partial charge in [0.15, 0.2) is 5.71 Å². The van der Waals surface area contributed by atoms with E-state index < -0.39 is 0 Å². The summed E-state index contributed by atoms with van der Waals surface area (Å²) in [5.74, 6) is 0. The number of likely N-dealkylation sites (N-methyl/N-ethyl adjacent to an activating group) is 1. The fraction of sp³-hybridized carbons (Fsp3) is 0.344. The van der Waals surface area contributed by atoms with E-state index in [1.807, 2.05) is 26.2 Å². The van der Waals surface area contributed by atoms with Gasteiger partial charge in [0.05, 0.1) is 15.3 Å². The van der Waals surface area contributed by atoms with Crippen LogP contribution in [0.4, 0.5) is 22.7 Å². The molecule has 1 aliphatic carbocycles. The number of non-ortho nitro benzene ring substituents is 2. The highest BCUT2D eigenvalue weighted by Gasteiger charge is 2.44. The third-order valence-electron chi connectivity index (χ3n) is 8.67. The molecular weight excluding hydrogens is 504 g/mol. The summed E-state index contributed by atoms with van der Waals surface area (Å²) >= 11 is 0. The monoisotopic (exact) mass is 539 g/mol. The minimum atomic E-state index is -0.354. The third-order valence-corrected chi connectivity index (χ3v) is 8.67. The summed E-state index contributed by atoms with van der Waals surface area (Å²) in [6.45, 7) is 8.44. The van der Waals surface area contributed by atoms with Gasteiger partial charge >= 0.3 is 0 Å². The van der Waals surface area contributed by atoms with Gasteiger partial charge < -0.3 is 4.90 Å². The summed E-state index contributed by atoms with van der Waals surface area (Å²) in [6.07, 6.45) is 13.9. The zero-order chi connectivity index (χ0) is 29.0. The number of allylic oxidation sites excluding steroid dienone is 8. The van der Waals surface area contributed by atoms with Gasteiger partial charge in [0.25, 0.3) is 11.4 Å². The second kappa shape index (κ2) is 9.70. The van der Waals surface area contributed by atoms with E-state index in [2.05, 4.69) is 67.6 Å². The maximum atomic E-state index is 11.4. The van der Waals surface area contributed by atoms with E-state index in [0.29, 0.717) is 0 Å². The van der Waals surface area contributed by atoms with Gasteiger partial charge in [0.2, 0.25) is 5.69 Å². The van der Waals surface area contributed by atoms with Crippen LogP contribution >= 0.6 is 0 Å². The van der Waals surface area contributed by atoms with Crippen molar-refractivity contribution in [2.24, 2.45) is 0 Å². The summed E-state index contributed by atoms with van der Waals surface area (Å²) in [7, 11) is 4.02. The van der Waals surface area contributed by atoms with Gasteiger partial charge in [-0.05, 0) is 62.0 Å². The lowest BCUT2D eigenvalue weighted by Gasteiger charge is -2.24. The number of nitro benzene ring substituents is 2. The Morgan fingerprint density at radius 3 is 2.20 bits per heavy atom. The van der Waals surface area contributed by atoms with Crippen LogP contribution in [0.3, 0.4) is 0 Å². The van der Waals surface area contributed by atoms with Crippen molar-refractivity contribution in [3.05, 3.63) is 115 Å². The zero-order valence-corrected chi connectivity index (χ0v) is 23.9. The molecular formula is C32H35N4O4+. The van der Waals surface area contributed by atoms with Crippen LogP contribution in [-0.4, -0.2) is 34.2 Å². The number of nitro groups is 2. The Balaban J connectivity index is 1.41. The molecule has 8 nitrogen and oxygen atoms in total. The largest absolute Gasteiger partial charge is 0.347 e. The van der Waals surface area contributed by atoms with Crippen LogP contribution < -0.4 is 4.90 Å². The first-order valence-electron chi connectivity index (χ1n) is 13.5. The molecule has 0 amide bonds. The van der Waals surface area contributed by atoms with Crippen molar-refractivity contribution in [2.45, 2.75) is 57.8 Å². The van der Waals surface area contributed by atoms with Gasteiger partial charge in [-0.3, -0.25) is 20.2 Å². The zero-order valence-electron chi connectivity index (χ0n) is 23.9. The lowest BCUT2D eigenvalue weighted by molar-refractivity contribution is -0.402. The van der Waals surface area contributed by atoms with Gasteiger partial charge in [-0.2, -0.15) is 4.58 Å². The molecule has 0 bridgehead atoms. The Morgan fingerprint density at radius 2 is 1.52 bits per heavy atom. The van der Waals surface area contributed by atoms with Crippen LogP contribution in [0.2, 0.25) is 0 Å². The quantitative estimate of drug-likeness (QED) is 0.224. The summed E-state index contributed by atoms with van der Waals surface area (Å²) in [6, 6.07) is 10.2. The highest BCUT2D eigenvalue weighted by atomic mass is 16.6. The summed E-state index contributed by atoms with van der Waals surface area (Å²) < 4.78 is 2.13. The van der Waals surface area contributed by atoms with Crippen LogP contribution in [0.1, 0.15) is 58.1 Å². The van der Waals surface area contributed by atoms with Crippen molar-refractivity contribution in [3.63, 3.8) is 0 Å². The number of hydrogen-bond donors (Lipinski definition) is 0. The number of benzene rings is 2. The van der Waals surface area contributed by atoms with Gasteiger partial charge in [-0.15, -0.1) is 0 Å². The average molecular weight is 540 g/mol. The standard InChI is InChI=1S/C32H35N4O4/c1-31(2)25-19-23(35(37)38)12-14-27(25)33(5)29(31)16-10-21-8-7-9-22(18-21)11-17-30-32(3,4)26-20-24(36(39)40)13-15-28(26)34(30)6/h10-20H,7-9H2,1-6H3/q+1. The third kappa shape index (κ3) is 4.47. The molecule has 2 aromatic carbocycles. The lowest BCUT2D eigenvalue weighted by Crippen LogP contribution is -2.26. The van der Waals surface area contributed by atoms with E-state index in [4.69, 9.17) is 0 Å². The first-order valence-corrected chi connectivity index (χ1v) is 13.5. The van der Waals surface area contributed by atoms with E-state index in [9.17, 15) is 20.2 Å². The van der Waals surface area contributed by atoms with E-state index in [-0.39, 0.29) is 32.1 Å². The molecule has 8 heteroatoms. The first-order chi connectivity index (χ1) is 18.8. The summed E-state index contributed by atoms with van der Waals surface area (Å²) in [4.78, 5) is 24.1. The fourth-order valence-corrected chi connectivity index (χ4v) is 6.39. The van der Waals surface area contributed by atoms with Crippen LogP contribution in [-0.2, 0) is 10.8 Å². The van der Waals surface area contributed by atoms with Gasteiger partial charge in [0.1, 0.15) is 7.05 Å². The number of anilines is 1. The summed E-state index contributed by atoms with van der Waals surface area (Å²) in [5.41, 5.74) is 8.12. The summed E-state index contributed by atoms with van der Waals surface area (Å²) in [5, 5.41) is 22.7. The van der Waals surface area contributed by atoms with E-state index >= 15 is 0 Å². The second-order valence-corrected chi connectivity index (χ2v) is 11.9.